The lowest BCUT2D eigenvalue weighted by Crippen LogP contribution is -2.38. The Balaban J connectivity index is 0.00000256. The molecule has 0 aromatic rings. The van der Waals surface area contributed by atoms with Crippen molar-refractivity contribution in [2.24, 2.45) is 5.92 Å². The van der Waals surface area contributed by atoms with E-state index in [1.54, 1.807) is 0 Å². The van der Waals surface area contributed by atoms with Crippen LogP contribution in [0.15, 0.2) is 0 Å². The van der Waals surface area contributed by atoms with E-state index < -0.39 is 0 Å². The summed E-state index contributed by atoms with van der Waals surface area (Å²) >= 11 is 0. The zero-order valence-corrected chi connectivity index (χ0v) is 11.1. The lowest BCUT2D eigenvalue weighted by Gasteiger charge is -2.22. The quantitative estimate of drug-likeness (QED) is 0.657. The van der Waals surface area contributed by atoms with Crippen molar-refractivity contribution in [2.75, 3.05) is 26.2 Å². The lowest BCUT2D eigenvalue weighted by atomic mass is 9.96. The van der Waals surface area contributed by atoms with E-state index in [0.29, 0.717) is 12.5 Å². The Kier molecular flexibility index (Phi) is 8.80. The zero-order chi connectivity index (χ0) is 11.8. The van der Waals surface area contributed by atoms with Crippen molar-refractivity contribution in [3.8, 4) is 0 Å². The SMILES string of the molecule is CC(=O)NCC(=O)NCCC1CCCNC1.Cl. The van der Waals surface area contributed by atoms with Crippen molar-refractivity contribution in [3.05, 3.63) is 0 Å². The van der Waals surface area contributed by atoms with Crippen LogP contribution in [0.5, 0.6) is 0 Å². The van der Waals surface area contributed by atoms with Gasteiger partial charge in [0, 0.05) is 13.5 Å². The molecule has 2 amide bonds. The largest absolute Gasteiger partial charge is 0.355 e. The fourth-order valence-corrected chi connectivity index (χ4v) is 1.85. The third kappa shape index (κ3) is 7.99. The fourth-order valence-electron chi connectivity index (χ4n) is 1.85. The molecule has 100 valence electrons. The summed E-state index contributed by atoms with van der Waals surface area (Å²) < 4.78 is 0. The topological polar surface area (TPSA) is 70.2 Å². The number of rotatable bonds is 5. The Morgan fingerprint density at radius 2 is 2.12 bits per heavy atom. The molecule has 5 nitrogen and oxygen atoms in total. The second-order valence-electron chi connectivity index (χ2n) is 4.26. The van der Waals surface area contributed by atoms with Crippen molar-refractivity contribution in [1.82, 2.24) is 16.0 Å². The van der Waals surface area contributed by atoms with Crippen molar-refractivity contribution in [3.63, 3.8) is 0 Å². The molecule has 0 radical (unpaired) electrons. The number of halogens is 1. The number of hydrogen-bond donors (Lipinski definition) is 3. The molecule has 1 saturated heterocycles. The van der Waals surface area contributed by atoms with E-state index >= 15 is 0 Å². The first-order valence-corrected chi connectivity index (χ1v) is 5.90. The van der Waals surface area contributed by atoms with Crippen LogP contribution in [0.4, 0.5) is 0 Å². The molecular formula is C11H22ClN3O2. The molecule has 0 spiro atoms. The molecule has 0 bridgehead atoms. The first-order chi connectivity index (χ1) is 7.68. The van der Waals surface area contributed by atoms with Gasteiger partial charge in [-0.05, 0) is 38.3 Å². The summed E-state index contributed by atoms with van der Waals surface area (Å²) in [5, 5.41) is 8.62. The highest BCUT2D eigenvalue weighted by Crippen LogP contribution is 2.12. The van der Waals surface area contributed by atoms with Crippen LogP contribution in [-0.2, 0) is 9.59 Å². The van der Waals surface area contributed by atoms with Gasteiger partial charge in [0.25, 0.3) is 0 Å². The highest BCUT2D eigenvalue weighted by Gasteiger charge is 2.12. The molecule has 17 heavy (non-hydrogen) atoms. The molecule has 0 aromatic carbocycles. The van der Waals surface area contributed by atoms with Crippen molar-refractivity contribution in [2.45, 2.75) is 26.2 Å². The molecule has 1 atom stereocenters. The van der Waals surface area contributed by atoms with Crippen LogP contribution in [-0.4, -0.2) is 38.0 Å². The Labute approximate surface area is 109 Å². The summed E-state index contributed by atoms with van der Waals surface area (Å²) in [7, 11) is 0. The van der Waals surface area contributed by atoms with Crippen molar-refractivity contribution < 1.29 is 9.59 Å². The summed E-state index contributed by atoms with van der Waals surface area (Å²) in [5.41, 5.74) is 0. The molecule has 1 aliphatic rings. The predicted octanol–water partition coefficient (Wildman–Crippen LogP) is 0.0502. The van der Waals surface area contributed by atoms with E-state index in [4.69, 9.17) is 0 Å². The van der Waals surface area contributed by atoms with Gasteiger partial charge in [-0.25, -0.2) is 0 Å². The Hall–Kier alpha value is -0.810. The monoisotopic (exact) mass is 263 g/mol. The molecule has 0 aliphatic carbocycles. The number of piperidine rings is 1. The third-order valence-electron chi connectivity index (χ3n) is 2.77. The van der Waals surface area contributed by atoms with E-state index in [0.717, 1.165) is 19.5 Å². The molecule has 1 aliphatic heterocycles. The molecule has 1 heterocycles. The number of carbonyl (C=O) groups excluding carboxylic acids is 2. The minimum absolute atomic E-state index is 0. The van der Waals surface area contributed by atoms with Crippen LogP contribution in [0, 0.1) is 5.92 Å². The van der Waals surface area contributed by atoms with Crippen LogP contribution < -0.4 is 16.0 Å². The van der Waals surface area contributed by atoms with Gasteiger partial charge in [0.1, 0.15) is 0 Å². The van der Waals surface area contributed by atoms with Gasteiger partial charge in [-0.15, -0.1) is 12.4 Å². The summed E-state index contributed by atoms with van der Waals surface area (Å²) in [6.07, 6.45) is 3.48. The first kappa shape index (κ1) is 16.2. The summed E-state index contributed by atoms with van der Waals surface area (Å²) in [6, 6.07) is 0. The maximum Gasteiger partial charge on any atom is 0.239 e. The van der Waals surface area contributed by atoms with Crippen LogP contribution in [0.2, 0.25) is 0 Å². The normalized spacial score (nSPS) is 19.0. The second-order valence-corrected chi connectivity index (χ2v) is 4.26. The lowest BCUT2D eigenvalue weighted by molar-refractivity contribution is -0.125. The summed E-state index contributed by atoms with van der Waals surface area (Å²) in [6.45, 7) is 4.36. The number of carbonyl (C=O) groups is 2. The average molecular weight is 264 g/mol. The third-order valence-corrected chi connectivity index (χ3v) is 2.77. The van der Waals surface area contributed by atoms with E-state index in [1.165, 1.54) is 19.8 Å². The maximum atomic E-state index is 11.2. The van der Waals surface area contributed by atoms with Crippen molar-refractivity contribution in [1.29, 1.82) is 0 Å². The van der Waals surface area contributed by atoms with E-state index in [-0.39, 0.29) is 30.8 Å². The Bertz CT molecular complexity index is 243. The summed E-state index contributed by atoms with van der Waals surface area (Å²) in [5.74, 6) is 0.389. The van der Waals surface area contributed by atoms with Gasteiger partial charge >= 0.3 is 0 Å². The van der Waals surface area contributed by atoms with Gasteiger partial charge in [-0.2, -0.15) is 0 Å². The number of hydrogen-bond acceptors (Lipinski definition) is 3. The second kappa shape index (κ2) is 9.24. The number of nitrogens with one attached hydrogen (secondary N) is 3. The maximum absolute atomic E-state index is 11.2. The molecule has 1 fully saturated rings. The predicted molar refractivity (Wildman–Crippen MR) is 69.2 cm³/mol. The molecular weight excluding hydrogens is 242 g/mol. The number of amides is 2. The van der Waals surface area contributed by atoms with Gasteiger partial charge in [0.15, 0.2) is 0 Å². The molecule has 6 heteroatoms. The highest BCUT2D eigenvalue weighted by atomic mass is 35.5. The van der Waals surface area contributed by atoms with Gasteiger partial charge in [-0.1, -0.05) is 0 Å². The first-order valence-electron chi connectivity index (χ1n) is 5.90. The van der Waals surface area contributed by atoms with Crippen LogP contribution in [0.1, 0.15) is 26.2 Å². The zero-order valence-electron chi connectivity index (χ0n) is 10.3. The minimum Gasteiger partial charge on any atom is -0.355 e. The van der Waals surface area contributed by atoms with Gasteiger partial charge < -0.3 is 16.0 Å². The standard InChI is InChI=1S/C11H21N3O2.ClH/c1-9(15)14-8-11(16)13-6-4-10-3-2-5-12-7-10;/h10,12H,2-8H2,1H3,(H,13,16)(H,14,15);1H. The minimum atomic E-state index is -0.174. The molecule has 0 saturated carbocycles. The van der Waals surface area contributed by atoms with E-state index in [1.807, 2.05) is 0 Å². The van der Waals surface area contributed by atoms with Crippen LogP contribution >= 0.6 is 12.4 Å². The van der Waals surface area contributed by atoms with E-state index in [2.05, 4.69) is 16.0 Å². The molecule has 3 N–H and O–H groups in total. The smallest absolute Gasteiger partial charge is 0.239 e. The highest BCUT2D eigenvalue weighted by molar-refractivity contribution is 5.85. The van der Waals surface area contributed by atoms with Crippen LogP contribution in [0.3, 0.4) is 0 Å². The van der Waals surface area contributed by atoms with Crippen LogP contribution in [0.25, 0.3) is 0 Å². The van der Waals surface area contributed by atoms with Gasteiger partial charge in [-0.3, -0.25) is 9.59 Å². The Morgan fingerprint density at radius 1 is 1.35 bits per heavy atom. The summed E-state index contributed by atoms with van der Waals surface area (Å²) in [4.78, 5) is 21.8. The van der Waals surface area contributed by atoms with Gasteiger partial charge in [0.2, 0.25) is 11.8 Å². The van der Waals surface area contributed by atoms with Gasteiger partial charge in [0.05, 0.1) is 6.54 Å². The molecule has 0 aromatic heterocycles. The Morgan fingerprint density at radius 3 is 2.71 bits per heavy atom. The van der Waals surface area contributed by atoms with E-state index in [9.17, 15) is 9.59 Å². The fraction of sp³-hybridized carbons (Fsp3) is 0.818. The molecule has 1 rings (SSSR count). The van der Waals surface area contributed by atoms with Crippen molar-refractivity contribution >= 4 is 24.2 Å². The molecule has 1 unspecified atom stereocenters. The average Bonchev–Trinajstić information content (AvgIpc) is 2.28.